The first-order valence-electron chi connectivity index (χ1n) is 13.8. The van der Waals surface area contributed by atoms with E-state index in [0.717, 1.165) is 44.5 Å². The Kier molecular flexibility index (Phi) is 7.82. The quantitative estimate of drug-likeness (QED) is 0.167. The standard InChI is InChI=1S/C37H29FO4/c1-40-37(39)35(23-26-10-6-3-7-11-26)41-31-19-16-28(17-20-31)27-12-14-29(15-13-27)36-32-24-30(38)18-21-33(32)42-34(36)22-25-8-4-2-5-9-25/h2-21,24,35H,22-23H2,1H3/t35-/m0/s1. The van der Waals surface area contributed by atoms with Gasteiger partial charge in [-0.2, -0.15) is 0 Å². The zero-order chi connectivity index (χ0) is 28.9. The molecular formula is C37H29FO4. The largest absolute Gasteiger partial charge is 0.478 e. The molecule has 4 nitrogen and oxygen atoms in total. The predicted octanol–water partition coefficient (Wildman–Crippen LogP) is 8.66. The lowest BCUT2D eigenvalue weighted by Gasteiger charge is -2.17. The van der Waals surface area contributed by atoms with E-state index in [2.05, 4.69) is 12.1 Å². The van der Waals surface area contributed by atoms with Gasteiger partial charge in [-0.25, -0.2) is 9.18 Å². The molecule has 0 aliphatic carbocycles. The smallest absolute Gasteiger partial charge is 0.347 e. The number of carbonyl (C=O) groups is 1. The Labute approximate surface area is 244 Å². The predicted molar refractivity (Wildman–Crippen MR) is 163 cm³/mol. The maximum absolute atomic E-state index is 14.3. The Morgan fingerprint density at radius 1 is 0.738 bits per heavy atom. The number of hydrogen-bond donors (Lipinski definition) is 0. The Balaban J connectivity index is 1.24. The van der Waals surface area contributed by atoms with Crippen molar-refractivity contribution in [1.82, 2.24) is 0 Å². The van der Waals surface area contributed by atoms with Crippen molar-refractivity contribution in [3.63, 3.8) is 0 Å². The van der Waals surface area contributed by atoms with Crippen LogP contribution in [-0.4, -0.2) is 19.2 Å². The highest BCUT2D eigenvalue weighted by molar-refractivity contribution is 5.96. The van der Waals surface area contributed by atoms with Crippen molar-refractivity contribution < 1.29 is 23.1 Å². The lowest BCUT2D eigenvalue weighted by Crippen LogP contribution is -2.30. The van der Waals surface area contributed by atoms with Crippen molar-refractivity contribution in [2.75, 3.05) is 7.11 Å². The van der Waals surface area contributed by atoms with Gasteiger partial charge in [-0.1, -0.05) is 97.1 Å². The SMILES string of the molecule is COC(=O)[C@H](Cc1ccccc1)Oc1ccc(-c2ccc(-c3c(Cc4ccccc4)oc4ccc(F)cc34)cc2)cc1. The van der Waals surface area contributed by atoms with Gasteiger partial charge < -0.3 is 13.9 Å². The number of ether oxygens (including phenoxy) is 2. The summed E-state index contributed by atoms with van der Waals surface area (Å²) in [7, 11) is 1.36. The molecule has 0 bridgehead atoms. The minimum atomic E-state index is -0.748. The Morgan fingerprint density at radius 3 is 1.98 bits per heavy atom. The Morgan fingerprint density at radius 2 is 1.33 bits per heavy atom. The summed E-state index contributed by atoms with van der Waals surface area (Å²) >= 11 is 0. The molecule has 0 radical (unpaired) electrons. The fourth-order valence-electron chi connectivity index (χ4n) is 5.20. The molecule has 208 valence electrons. The van der Waals surface area contributed by atoms with Crippen LogP contribution in [0.2, 0.25) is 0 Å². The van der Waals surface area contributed by atoms with Gasteiger partial charge in [-0.3, -0.25) is 0 Å². The number of fused-ring (bicyclic) bond motifs is 1. The van der Waals surface area contributed by atoms with Gasteiger partial charge in [0.25, 0.3) is 0 Å². The van der Waals surface area contributed by atoms with Crippen LogP contribution >= 0.6 is 0 Å². The summed E-state index contributed by atoms with van der Waals surface area (Å²) in [5, 5.41) is 0.755. The summed E-state index contributed by atoms with van der Waals surface area (Å²) in [5.41, 5.74) is 6.64. The summed E-state index contributed by atoms with van der Waals surface area (Å²) in [5.74, 6) is 0.663. The average Bonchev–Trinajstić information content (AvgIpc) is 3.38. The van der Waals surface area contributed by atoms with Crippen LogP contribution in [0.25, 0.3) is 33.2 Å². The van der Waals surface area contributed by atoms with Gasteiger partial charge in [0, 0.05) is 23.8 Å². The second-order valence-corrected chi connectivity index (χ2v) is 10.1. The van der Waals surface area contributed by atoms with E-state index in [9.17, 15) is 9.18 Å². The molecule has 1 heterocycles. The second kappa shape index (κ2) is 12.1. The molecule has 6 rings (SSSR count). The van der Waals surface area contributed by atoms with Crippen molar-refractivity contribution in [3.8, 4) is 28.0 Å². The van der Waals surface area contributed by atoms with Crippen molar-refractivity contribution in [2.45, 2.75) is 18.9 Å². The first-order chi connectivity index (χ1) is 20.6. The van der Waals surface area contributed by atoms with Crippen LogP contribution in [0.5, 0.6) is 5.75 Å². The number of methoxy groups -OCH3 is 1. The summed E-state index contributed by atoms with van der Waals surface area (Å²) in [6.45, 7) is 0. The molecule has 5 heteroatoms. The first kappa shape index (κ1) is 27.0. The van der Waals surface area contributed by atoms with Crippen LogP contribution in [-0.2, 0) is 22.4 Å². The lowest BCUT2D eigenvalue weighted by molar-refractivity contribution is -0.148. The third-order valence-corrected chi connectivity index (χ3v) is 7.30. The van der Waals surface area contributed by atoms with E-state index < -0.39 is 12.1 Å². The molecular weight excluding hydrogens is 527 g/mol. The van der Waals surface area contributed by atoms with E-state index in [0.29, 0.717) is 24.2 Å². The molecule has 0 fully saturated rings. The van der Waals surface area contributed by atoms with Gasteiger partial charge in [-0.05, 0) is 58.1 Å². The van der Waals surface area contributed by atoms with Gasteiger partial charge >= 0.3 is 5.97 Å². The number of halogens is 1. The highest BCUT2D eigenvalue weighted by atomic mass is 19.1. The number of hydrogen-bond acceptors (Lipinski definition) is 4. The minimum Gasteiger partial charge on any atom is -0.478 e. The Bertz CT molecular complexity index is 1790. The first-order valence-corrected chi connectivity index (χ1v) is 13.8. The molecule has 1 atom stereocenters. The maximum Gasteiger partial charge on any atom is 0.347 e. The molecule has 6 aromatic rings. The van der Waals surface area contributed by atoms with Gasteiger partial charge in [0.05, 0.1) is 7.11 Å². The number of benzene rings is 5. The van der Waals surface area contributed by atoms with Crippen molar-refractivity contribution in [3.05, 3.63) is 150 Å². The highest BCUT2D eigenvalue weighted by Crippen LogP contribution is 2.37. The van der Waals surface area contributed by atoms with Crippen molar-refractivity contribution >= 4 is 16.9 Å². The molecule has 0 saturated heterocycles. The van der Waals surface area contributed by atoms with E-state index in [1.165, 1.54) is 19.2 Å². The summed E-state index contributed by atoms with van der Waals surface area (Å²) in [6, 6.07) is 40.3. The van der Waals surface area contributed by atoms with Crippen LogP contribution in [0.1, 0.15) is 16.9 Å². The molecule has 42 heavy (non-hydrogen) atoms. The molecule has 0 unspecified atom stereocenters. The lowest BCUT2D eigenvalue weighted by atomic mass is 9.96. The van der Waals surface area contributed by atoms with Crippen LogP contribution in [0, 0.1) is 5.82 Å². The number of rotatable bonds is 9. The van der Waals surface area contributed by atoms with E-state index in [4.69, 9.17) is 13.9 Å². The fraction of sp³-hybridized carbons (Fsp3) is 0.108. The molecule has 0 saturated carbocycles. The summed E-state index contributed by atoms with van der Waals surface area (Å²) < 4.78 is 31.5. The number of furan rings is 1. The van der Waals surface area contributed by atoms with E-state index >= 15 is 0 Å². The van der Waals surface area contributed by atoms with Crippen molar-refractivity contribution in [2.24, 2.45) is 0 Å². The number of carbonyl (C=O) groups excluding carboxylic acids is 1. The van der Waals surface area contributed by atoms with Crippen LogP contribution in [0.3, 0.4) is 0 Å². The highest BCUT2D eigenvalue weighted by Gasteiger charge is 2.22. The van der Waals surface area contributed by atoms with E-state index in [-0.39, 0.29) is 5.82 Å². The monoisotopic (exact) mass is 556 g/mol. The zero-order valence-corrected chi connectivity index (χ0v) is 23.1. The van der Waals surface area contributed by atoms with Gasteiger partial charge in [0.2, 0.25) is 0 Å². The molecule has 0 aliphatic heterocycles. The minimum absolute atomic E-state index is 0.298. The molecule has 0 spiro atoms. The average molecular weight is 557 g/mol. The molecule has 1 aromatic heterocycles. The van der Waals surface area contributed by atoms with Crippen LogP contribution in [0.4, 0.5) is 4.39 Å². The topological polar surface area (TPSA) is 48.7 Å². The van der Waals surface area contributed by atoms with Crippen molar-refractivity contribution in [1.29, 1.82) is 0 Å². The second-order valence-electron chi connectivity index (χ2n) is 10.1. The normalized spacial score (nSPS) is 11.8. The third kappa shape index (κ3) is 5.96. The molecule has 0 aliphatic rings. The van der Waals surface area contributed by atoms with Crippen LogP contribution < -0.4 is 4.74 Å². The van der Waals surface area contributed by atoms with E-state index in [1.807, 2.05) is 97.1 Å². The summed E-state index contributed by atoms with van der Waals surface area (Å²) in [6.07, 6.45) is 0.268. The number of esters is 1. The Hall–Kier alpha value is -5.16. The zero-order valence-electron chi connectivity index (χ0n) is 23.1. The third-order valence-electron chi connectivity index (χ3n) is 7.30. The molecule has 0 amide bonds. The maximum atomic E-state index is 14.3. The molecule has 0 N–H and O–H groups in total. The fourth-order valence-corrected chi connectivity index (χ4v) is 5.20. The van der Waals surface area contributed by atoms with Gasteiger partial charge in [0.1, 0.15) is 22.9 Å². The molecule has 5 aromatic carbocycles. The van der Waals surface area contributed by atoms with E-state index in [1.54, 1.807) is 6.07 Å². The van der Waals surface area contributed by atoms with Crippen LogP contribution in [0.15, 0.2) is 132 Å². The van der Waals surface area contributed by atoms with Gasteiger partial charge in [-0.15, -0.1) is 0 Å². The van der Waals surface area contributed by atoms with Gasteiger partial charge in [0.15, 0.2) is 6.10 Å². The summed E-state index contributed by atoms with van der Waals surface area (Å²) in [4.78, 5) is 12.4.